The van der Waals surface area contributed by atoms with Crippen LogP contribution in [0.15, 0.2) is 119 Å². The summed E-state index contributed by atoms with van der Waals surface area (Å²) in [6, 6.07) is 15.1. The number of phenols is 1. The van der Waals surface area contributed by atoms with E-state index < -0.39 is 122 Å². The molecule has 0 spiro atoms. The third-order valence-electron chi connectivity index (χ3n) is 7.95. The summed E-state index contributed by atoms with van der Waals surface area (Å²) >= 11 is 6.21. The smallest absolute Gasteiger partial charge is 0.397 e. The van der Waals surface area contributed by atoms with E-state index in [-0.39, 0.29) is 21.6 Å². The lowest BCUT2D eigenvalue weighted by atomic mass is 10.1. The van der Waals surface area contributed by atoms with Crippen LogP contribution in [-0.2, 0) is 54.8 Å². The molecule has 316 valence electrons. The number of rotatable bonds is 12. The van der Waals surface area contributed by atoms with Crippen LogP contribution in [0.25, 0.3) is 21.5 Å². The van der Waals surface area contributed by atoms with Crippen molar-refractivity contribution in [2.24, 2.45) is 20.2 Å². The third kappa shape index (κ3) is 10.1. The molecule has 1 aromatic heterocycles. The van der Waals surface area contributed by atoms with Gasteiger partial charge in [0.2, 0.25) is 16.5 Å². The molecule has 0 aliphatic rings. The van der Waals surface area contributed by atoms with Crippen molar-refractivity contribution in [2.45, 2.75) is 19.6 Å². The van der Waals surface area contributed by atoms with E-state index in [1.54, 1.807) is 6.07 Å². The van der Waals surface area contributed by atoms with E-state index >= 15 is 0 Å². The highest BCUT2D eigenvalue weighted by molar-refractivity contribution is 7.91. The summed E-state index contributed by atoms with van der Waals surface area (Å²) < 4.78 is 164. The van der Waals surface area contributed by atoms with Crippen LogP contribution in [0.4, 0.5) is 22.7 Å². The Morgan fingerprint density at radius 2 is 1.35 bits per heavy atom. The molecule has 0 unspecified atom stereocenters. The number of sulfone groups is 1. The van der Waals surface area contributed by atoms with Crippen molar-refractivity contribution in [3.05, 3.63) is 95.4 Å². The van der Waals surface area contributed by atoms with Gasteiger partial charge in [-0.05, 0) is 70.9 Å². The molecule has 0 fully saturated rings. The van der Waals surface area contributed by atoms with Gasteiger partial charge in [0.1, 0.15) is 21.2 Å². The number of phenolic OH excluding ortho intramolecular Hbond substituents is 1. The van der Waals surface area contributed by atoms with E-state index in [0.717, 1.165) is 24.3 Å². The summed E-state index contributed by atoms with van der Waals surface area (Å²) in [5, 5.41) is 17.9. The predicted molar refractivity (Wildman–Crippen MR) is 208 cm³/mol. The van der Waals surface area contributed by atoms with Crippen molar-refractivity contribution in [3.8, 4) is 5.75 Å². The Balaban J connectivity index is 1.55. The van der Waals surface area contributed by atoms with Crippen LogP contribution in [0.5, 0.6) is 5.75 Å². The van der Waals surface area contributed by atoms with E-state index in [1.165, 1.54) is 42.5 Å². The Morgan fingerprint density at radius 1 is 0.667 bits per heavy atom. The van der Waals surface area contributed by atoms with Crippen LogP contribution in [0.1, 0.15) is 0 Å². The Labute approximate surface area is 342 Å². The molecule has 0 amide bonds. The Kier molecular flexibility index (Phi) is 11.9. The average Bonchev–Trinajstić information content (AvgIpc) is 3.12. The van der Waals surface area contributed by atoms with Gasteiger partial charge in [-0.3, -0.25) is 23.2 Å². The number of H-pyrrole nitrogens is 2. The van der Waals surface area contributed by atoms with Gasteiger partial charge in [0.15, 0.2) is 15.6 Å². The zero-order valence-electron chi connectivity index (χ0n) is 29.3. The van der Waals surface area contributed by atoms with Gasteiger partial charge in [-0.2, -0.15) is 38.7 Å². The normalized spacial score (nSPS) is 13.8. The van der Waals surface area contributed by atoms with Crippen LogP contribution >= 0.6 is 11.6 Å². The number of nitrogens with zero attached hydrogens (tertiary/aromatic N) is 5. The SMILES string of the molecule is O=S(=O)(O)OCCS(=O)(=O)c1cccc2ccc(N=c3nc(Cl)[nH]c(=Nc4cc(S(=O)(=O)O)cc5cc(S(=O)(=O)O)c(N=Nc6ccccc6S(=O)(=O)O)c(O)c45)[nH]3)cc12. The molecule has 0 saturated heterocycles. The van der Waals surface area contributed by atoms with Crippen LogP contribution < -0.4 is 11.2 Å². The van der Waals surface area contributed by atoms with Crippen molar-refractivity contribution in [3.63, 3.8) is 0 Å². The van der Waals surface area contributed by atoms with Crippen molar-refractivity contribution in [2.75, 3.05) is 12.4 Å². The molecule has 0 bridgehead atoms. The molecule has 0 saturated carbocycles. The number of aromatic amines is 2. The van der Waals surface area contributed by atoms with E-state index in [0.29, 0.717) is 11.5 Å². The first-order valence-electron chi connectivity index (χ1n) is 15.9. The van der Waals surface area contributed by atoms with Gasteiger partial charge in [-0.25, -0.2) is 22.6 Å². The first kappa shape index (κ1) is 44.0. The first-order chi connectivity index (χ1) is 27.8. The number of hydrogen-bond acceptors (Lipinski definition) is 17. The summed E-state index contributed by atoms with van der Waals surface area (Å²) in [6.45, 7) is -0.884. The number of nitrogens with one attached hydrogen (secondary N) is 2. The molecule has 29 heteroatoms. The third-order valence-corrected chi connectivity index (χ3v) is 12.9. The molecule has 0 atom stereocenters. The van der Waals surface area contributed by atoms with Crippen molar-refractivity contribution >= 4 is 106 Å². The molecular formula is C31H24ClN7O16S5. The molecule has 6 aromatic rings. The first-order valence-corrected chi connectivity index (χ1v) is 23.6. The molecule has 0 aliphatic heterocycles. The van der Waals surface area contributed by atoms with Crippen LogP contribution in [-0.4, -0.2) is 92.7 Å². The summed E-state index contributed by atoms with van der Waals surface area (Å²) in [7, 11) is -24.4. The van der Waals surface area contributed by atoms with Crippen LogP contribution in [0, 0.1) is 0 Å². The fourth-order valence-electron chi connectivity index (χ4n) is 5.50. The summed E-state index contributed by atoms with van der Waals surface area (Å²) in [4.78, 5) is 14.6. The minimum Gasteiger partial charge on any atom is -0.505 e. The lowest BCUT2D eigenvalue weighted by Crippen LogP contribution is -2.26. The standard InChI is InChI=1S/C31H24ClN7O16S5/c32-29-35-30(33-18-9-8-16-4-3-7-23(20(16)14-18)56(41,42)11-10-55-60(52,53)54)37-31(36-29)34-22-15-19(57(43,44)45)12-17-13-25(59(49,50)51)27(28(40)26(17)22)39-38-21-5-1-2-6-24(21)58(46,47)48/h1-9,12-15,40H,10-11H2,(H,43,44,45)(H,46,47,48)(H,49,50,51)(H,52,53,54)(H2,33,34,35,36,37). The lowest BCUT2D eigenvalue weighted by molar-refractivity contribution is 0.284. The zero-order valence-corrected chi connectivity index (χ0v) is 34.1. The topological polar surface area (TPSA) is 375 Å². The highest BCUT2D eigenvalue weighted by Crippen LogP contribution is 2.46. The summed E-state index contributed by atoms with van der Waals surface area (Å²) in [5.74, 6) is -1.95. The number of hydrogen-bond donors (Lipinski definition) is 7. The molecular weight excluding hydrogens is 922 g/mol. The number of azo groups is 1. The quantitative estimate of drug-likeness (QED) is 0.0680. The van der Waals surface area contributed by atoms with Gasteiger partial charge in [0.25, 0.3) is 30.4 Å². The maximum atomic E-state index is 13.1. The largest absolute Gasteiger partial charge is 0.505 e. The molecule has 1 heterocycles. The minimum absolute atomic E-state index is 0.0658. The van der Waals surface area contributed by atoms with Crippen molar-refractivity contribution < 1.29 is 69.6 Å². The number of halogens is 1. The summed E-state index contributed by atoms with van der Waals surface area (Å²) in [5.41, 5.74) is -2.74. The van der Waals surface area contributed by atoms with Gasteiger partial charge >= 0.3 is 10.4 Å². The fourth-order valence-corrected chi connectivity index (χ4v) is 9.20. The highest BCUT2D eigenvalue weighted by Gasteiger charge is 2.26. The monoisotopic (exact) mass is 945 g/mol. The number of benzene rings is 5. The molecule has 5 aromatic carbocycles. The fraction of sp³-hybridized carbons (Fsp3) is 0.0645. The van der Waals surface area contributed by atoms with E-state index in [1.807, 2.05) is 0 Å². The van der Waals surface area contributed by atoms with Gasteiger partial charge in [-0.15, -0.1) is 10.2 Å². The molecule has 7 N–H and O–H groups in total. The summed E-state index contributed by atoms with van der Waals surface area (Å²) in [6.07, 6.45) is 0. The Bertz CT molecular complexity index is 3520. The molecule has 0 radical (unpaired) electrons. The second kappa shape index (κ2) is 16.2. The molecule has 6 rings (SSSR count). The van der Waals surface area contributed by atoms with E-state index in [2.05, 4.69) is 39.3 Å². The van der Waals surface area contributed by atoms with Crippen LogP contribution in [0.2, 0.25) is 5.28 Å². The average molecular weight is 946 g/mol. The van der Waals surface area contributed by atoms with Gasteiger partial charge < -0.3 is 10.1 Å². The maximum absolute atomic E-state index is 13.1. The minimum atomic E-state index is -5.33. The maximum Gasteiger partial charge on any atom is 0.397 e. The second-order valence-corrected chi connectivity index (χ2v) is 19.7. The van der Waals surface area contributed by atoms with E-state index in [9.17, 15) is 60.9 Å². The lowest BCUT2D eigenvalue weighted by Gasteiger charge is -2.12. The van der Waals surface area contributed by atoms with Gasteiger partial charge in [0.05, 0.1) is 38.9 Å². The number of aromatic hydroxyl groups is 1. The van der Waals surface area contributed by atoms with Crippen LogP contribution in [0.3, 0.4) is 0 Å². The Hall–Kier alpha value is -5.53. The molecule has 60 heavy (non-hydrogen) atoms. The van der Waals surface area contributed by atoms with Gasteiger partial charge in [0, 0.05) is 5.39 Å². The highest BCUT2D eigenvalue weighted by atomic mass is 35.5. The predicted octanol–water partition coefficient (Wildman–Crippen LogP) is 3.62. The van der Waals surface area contributed by atoms with Gasteiger partial charge in [-0.1, -0.05) is 30.3 Å². The number of fused-ring (bicyclic) bond motifs is 2. The van der Waals surface area contributed by atoms with Crippen molar-refractivity contribution in [1.82, 2.24) is 15.0 Å². The van der Waals surface area contributed by atoms with Crippen molar-refractivity contribution in [1.29, 1.82) is 0 Å². The molecule has 0 aliphatic carbocycles. The second-order valence-electron chi connectivity index (χ2n) is 12.0. The Morgan fingerprint density at radius 3 is 2.02 bits per heavy atom. The zero-order chi connectivity index (χ0) is 44.0. The van der Waals surface area contributed by atoms with E-state index in [4.69, 9.17) is 16.2 Å². The number of aromatic nitrogens is 3. The molecule has 23 nitrogen and oxygen atoms in total.